The zero-order chi connectivity index (χ0) is 22.9. The van der Waals surface area contributed by atoms with Crippen molar-refractivity contribution in [3.05, 3.63) is 53.3 Å². The van der Waals surface area contributed by atoms with Crippen molar-refractivity contribution < 1.29 is 23.9 Å². The van der Waals surface area contributed by atoms with Gasteiger partial charge in [-0.1, -0.05) is 6.07 Å². The highest BCUT2D eigenvalue weighted by molar-refractivity contribution is 6.10. The van der Waals surface area contributed by atoms with Gasteiger partial charge in [-0.05, 0) is 24.6 Å². The second-order valence-corrected chi connectivity index (χ2v) is 8.18. The summed E-state index contributed by atoms with van der Waals surface area (Å²) < 4.78 is 5.40. The van der Waals surface area contributed by atoms with Crippen LogP contribution in [0.2, 0.25) is 0 Å². The number of hydrogen-bond donors (Lipinski definition) is 2. The number of imide groups is 1. The van der Waals surface area contributed by atoms with Crippen LogP contribution in [-0.4, -0.2) is 65.9 Å². The van der Waals surface area contributed by atoms with Crippen LogP contribution in [0.1, 0.15) is 39.1 Å². The number of aromatic nitrogens is 1. The molecule has 4 amide bonds. The number of anilines is 2. The van der Waals surface area contributed by atoms with Crippen LogP contribution in [0.15, 0.2) is 36.7 Å². The molecule has 0 spiro atoms. The Hall–Kier alpha value is -3.79. The minimum atomic E-state index is -0.709. The molecule has 0 bridgehead atoms. The van der Waals surface area contributed by atoms with Crippen LogP contribution in [0.4, 0.5) is 11.4 Å². The maximum Gasteiger partial charge on any atom is 0.257 e. The molecule has 5 rings (SSSR count). The number of hydrogen-bond acceptors (Lipinski definition) is 7. The quantitative estimate of drug-likeness (QED) is 0.666. The molecule has 10 nitrogen and oxygen atoms in total. The van der Waals surface area contributed by atoms with E-state index in [-0.39, 0.29) is 37.1 Å². The van der Waals surface area contributed by atoms with E-state index in [1.54, 1.807) is 36.7 Å². The molecule has 3 aliphatic heterocycles. The van der Waals surface area contributed by atoms with Crippen LogP contribution >= 0.6 is 0 Å². The number of nitrogens with zero attached hydrogens (tertiary/aromatic N) is 3. The van der Waals surface area contributed by atoms with Crippen molar-refractivity contribution in [1.29, 1.82) is 0 Å². The van der Waals surface area contributed by atoms with Gasteiger partial charge in [0.25, 0.3) is 11.8 Å². The number of fused-ring (bicyclic) bond motifs is 1. The highest BCUT2D eigenvalue weighted by Gasteiger charge is 2.40. The largest absolute Gasteiger partial charge is 0.378 e. The van der Waals surface area contributed by atoms with Gasteiger partial charge in [-0.25, -0.2) is 0 Å². The fraction of sp³-hybridized carbons (Fsp3) is 0.348. The fourth-order valence-corrected chi connectivity index (χ4v) is 4.53. The van der Waals surface area contributed by atoms with E-state index in [0.29, 0.717) is 48.7 Å². The van der Waals surface area contributed by atoms with Crippen LogP contribution in [0.25, 0.3) is 0 Å². The van der Waals surface area contributed by atoms with E-state index >= 15 is 0 Å². The van der Waals surface area contributed by atoms with Crippen molar-refractivity contribution in [1.82, 2.24) is 15.2 Å². The monoisotopic (exact) mass is 449 g/mol. The number of benzene rings is 1. The van der Waals surface area contributed by atoms with Crippen molar-refractivity contribution in [2.24, 2.45) is 0 Å². The van der Waals surface area contributed by atoms with Crippen molar-refractivity contribution in [3.63, 3.8) is 0 Å². The molecule has 2 fully saturated rings. The maximum absolute atomic E-state index is 13.2. The number of rotatable bonds is 4. The molecule has 1 aromatic carbocycles. The minimum Gasteiger partial charge on any atom is -0.378 e. The lowest BCUT2D eigenvalue weighted by Crippen LogP contribution is -2.52. The van der Waals surface area contributed by atoms with E-state index in [4.69, 9.17) is 4.74 Å². The second-order valence-electron chi connectivity index (χ2n) is 8.18. The highest BCUT2D eigenvalue weighted by atomic mass is 16.5. The molecule has 1 atom stereocenters. The summed E-state index contributed by atoms with van der Waals surface area (Å²) >= 11 is 0. The zero-order valence-electron chi connectivity index (χ0n) is 17.9. The van der Waals surface area contributed by atoms with Crippen LogP contribution in [-0.2, 0) is 20.9 Å². The highest BCUT2D eigenvalue weighted by Crippen LogP contribution is 2.33. The van der Waals surface area contributed by atoms with Crippen LogP contribution in [0.3, 0.4) is 0 Å². The van der Waals surface area contributed by atoms with Gasteiger partial charge in [-0.3, -0.25) is 29.5 Å². The van der Waals surface area contributed by atoms with Crippen molar-refractivity contribution in [2.75, 3.05) is 36.5 Å². The minimum absolute atomic E-state index is 0.184. The summed E-state index contributed by atoms with van der Waals surface area (Å²) in [5.74, 6) is -1.39. The summed E-state index contributed by atoms with van der Waals surface area (Å²) in [6.45, 7) is 2.69. The molecule has 4 heterocycles. The molecule has 1 unspecified atom stereocenters. The molecule has 0 aliphatic carbocycles. The van der Waals surface area contributed by atoms with Gasteiger partial charge in [0, 0.05) is 49.1 Å². The number of carbonyl (C=O) groups is 4. The number of nitrogens with one attached hydrogen (secondary N) is 2. The Morgan fingerprint density at radius 2 is 1.97 bits per heavy atom. The zero-order valence-corrected chi connectivity index (χ0v) is 17.9. The summed E-state index contributed by atoms with van der Waals surface area (Å²) in [6.07, 6.45) is 3.71. The Bertz CT molecular complexity index is 1140. The fourth-order valence-electron chi connectivity index (χ4n) is 4.53. The Morgan fingerprint density at radius 1 is 1.15 bits per heavy atom. The number of pyridine rings is 1. The third-order valence-corrected chi connectivity index (χ3v) is 6.23. The third kappa shape index (κ3) is 3.93. The smallest absolute Gasteiger partial charge is 0.257 e. The molecule has 33 heavy (non-hydrogen) atoms. The number of ether oxygens (including phenoxy) is 1. The lowest BCUT2D eigenvalue weighted by molar-refractivity contribution is -0.136. The molecule has 2 saturated heterocycles. The van der Waals surface area contributed by atoms with Gasteiger partial charge in [-0.2, -0.15) is 0 Å². The first-order chi connectivity index (χ1) is 16.0. The first-order valence-electron chi connectivity index (χ1n) is 10.9. The van der Waals surface area contributed by atoms with E-state index in [0.717, 1.165) is 5.69 Å². The first-order valence-corrected chi connectivity index (χ1v) is 10.9. The summed E-state index contributed by atoms with van der Waals surface area (Å²) in [6, 6.07) is 6.09. The predicted octanol–water partition coefficient (Wildman–Crippen LogP) is 0.931. The van der Waals surface area contributed by atoms with Crippen LogP contribution in [0, 0.1) is 0 Å². The van der Waals surface area contributed by atoms with Crippen LogP contribution < -0.4 is 15.5 Å². The molecule has 10 heteroatoms. The number of piperidine rings is 1. The maximum atomic E-state index is 13.2. The number of amides is 4. The predicted molar refractivity (Wildman–Crippen MR) is 118 cm³/mol. The van der Waals surface area contributed by atoms with E-state index in [1.165, 1.54) is 4.90 Å². The van der Waals surface area contributed by atoms with E-state index in [9.17, 15) is 19.2 Å². The van der Waals surface area contributed by atoms with Crippen LogP contribution in [0.5, 0.6) is 0 Å². The first kappa shape index (κ1) is 21.1. The Morgan fingerprint density at radius 3 is 2.76 bits per heavy atom. The second kappa shape index (κ2) is 8.62. The topological polar surface area (TPSA) is 121 Å². The Balaban J connectivity index is 1.39. The molecule has 0 saturated carbocycles. The lowest BCUT2D eigenvalue weighted by Gasteiger charge is -2.30. The molecule has 2 N–H and O–H groups in total. The molecule has 1 aromatic heterocycles. The van der Waals surface area contributed by atoms with Gasteiger partial charge in [-0.15, -0.1) is 0 Å². The van der Waals surface area contributed by atoms with Crippen molar-refractivity contribution >= 4 is 35.0 Å². The standard InChI is InChI=1S/C23H23N5O5/c29-20-5-4-18(22(31)26-20)28-13-16-14(23(28)32)2-1-3-17(16)25-21(30)15-6-7-24-12-19(15)27-8-10-33-11-9-27/h1-3,6-7,12,18H,4-5,8-11,13H2,(H,25,30)(H,26,29,31). The van der Waals surface area contributed by atoms with Crippen molar-refractivity contribution in [2.45, 2.75) is 25.4 Å². The average Bonchev–Trinajstić information content (AvgIpc) is 3.17. The SMILES string of the molecule is O=C1CCC(N2Cc3c(NC(=O)c4ccncc4N4CCOCC4)cccc3C2=O)C(=O)N1. The van der Waals surface area contributed by atoms with Gasteiger partial charge < -0.3 is 19.9 Å². The number of morpholine rings is 1. The van der Waals surface area contributed by atoms with Crippen molar-refractivity contribution in [3.8, 4) is 0 Å². The average molecular weight is 449 g/mol. The van der Waals surface area contributed by atoms with Gasteiger partial charge in [0.1, 0.15) is 6.04 Å². The molecular weight excluding hydrogens is 426 g/mol. The summed E-state index contributed by atoms with van der Waals surface area (Å²) in [5.41, 5.74) is 2.83. The summed E-state index contributed by atoms with van der Waals surface area (Å²) in [7, 11) is 0. The Labute approximate surface area is 189 Å². The van der Waals surface area contributed by atoms with Gasteiger partial charge >= 0.3 is 0 Å². The molecule has 170 valence electrons. The van der Waals surface area contributed by atoms with Gasteiger partial charge in [0.15, 0.2) is 0 Å². The van der Waals surface area contributed by atoms with E-state index in [1.807, 2.05) is 0 Å². The van der Waals surface area contributed by atoms with Gasteiger partial charge in [0.2, 0.25) is 11.8 Å². The van der Waals surface area contributed by atoms with E-state index in [2.05, 4.69) is 20.5 Å². The number of carbonyl (C=O) groups excluding carboxylic acids is 4. The molecule has 2 aromatic rings. The molecule has 3 aliphatic rings. The Kier molecular flexibility index (Phi) is 5.51. The summed E-state index contributed by atoms with van der Waals surface area (Å²) in [5, 5.41) is 5.24. The summed E-state index contributed by atoms with van der Waals surface area (Å²) in [4.78, 5) is 57.8. The van der Waals surface area contributed by atoms with Gasteiger partial charge in [0.05, 0.1) is 30.7 Å². The molecule has 0 radical (unpaired) electrons. The molecular formula is C23H23N5O5. The van der Waals surface area contributed by atoms with E-state index < -0.39 is 11.9 Å². The normalized spacial score (nSPS) is 20.5. The third-order valence-electron chi connectivity index (χ3n) is 6.23. The lowest BCUT2D eigenvalue weighted by atomic mass is 10.0.